The molecule has 1 saturated carbocycles. The van der Waals surface area contributed by atoms with Gasteiger partial charge in [-0.2, -0.15) is 0 Å². The maximum Gasteiger partial charge on any atom is 0.200 e. The minimum Gasteiger partial charge on any atom is -0.502 e. The number of aliphatic hydroxyl groups is 1. The number of benzene rings is 1. The fourth-order valence-corrected chi connectivity index (χ4v) is 2.09. The molecule has 2 rings (SSSR count). The minimum absolute atomic E-state index is 0.0165. The molecule has 1 aromatic rings. The van der Waals surface area contributed by atoms with Crippen molar-refractivity contribution in [3.05, 3.63) is 17.7 Å². The van der Waals surface area contributed by atoms with E-state index in [9.17, 15) is 10.2 Å². The normalized spacial score (nSPS) is 16.2. The maximum atomic E-state index is 9.81. The van der Waals surface area contributed by atoms with Crippen molar-refractivity contribution in [3.8, 4) is 17.2 Å². The lowest BCUT2D eigenvalue weighted by Crippen LogP contribution is -2.26. The van der Waals surface area contributed by atoms with Gasteiger partial charge in [-0.1, -0.05) is 0 Å². The Labute approximate surface area is 113 Å². The Kier molecular flexibility index (Phi) is 4.17. The van der Waals surface area contributed by atoms with Gasteiger partial charge in [-0.25, -0.2) is 0 Å². The molecule has 0 unspecified atom stereocenters. The van der Waals surface area contributed by atoms with Gasteiger partial charge >= 0.3 is 0 Å². The van der Waals surface area contributed by atoms with E-state index in [1.54, 1.807) is 12.1 Å². The first kappa shape index (κ1) is 14.0. The zero-order valence-corrected chi connectivity index (χ0v) is 11.4. The number of phenols is 1. The molecule has 3 N–H and O–H groups in total. The van der Waals surface area contributed by atoms with Crippen molar-refractivity contribution < 1.29 is 19.7 Å². The van der Waals surface area contributed by atoms with Crippen LogP contribution in [0.15, 0.2) is 12.1 Å². The van der Waals surface area contributed by atoms with Gasteiger partial charge in [0.25, 0.3) is 0 Å². The minimum atomic E-state index is 0.0165. The molecule has 0 amide bonds. The van der Waals surface area contributed by atoms with Gasteiger partial charge in [0.15, 0.2) is 11.5 Å². The van der Waals surface area contributed by atoms with Crippen LogP contribution in [0.25, 0.3) is 0 Å². The SMILES string of the molecule is COc1cc(CNCC2(CO)CC2)cc(OC)c1O. The van der Waals surface area contributed by atoms with Crippen molar-refractivity contribution in [2.45, 2.75) is 19.4 Å². The van der Waals surface area contributed by atoms with E-state index in [0.717, 1.165) is 24.9 Å². The smallest absolute Gasteiger partial charge is 0.200 e. The predicted molar refractivity (Wildman–Crippen MR) is 71.7 cm³/mol. The van der Waals surface area contributed by atoms with E-state index in [4.69, 9.17) is 9.47 Å². The van der Waals surface area contributed by atoms with E-state index in [1.807, 2.05) is 0 Å². The van der Waals surface area contributed by atoms with E-state index in [1.165, 1.54) is 14.2 Å². The Hall–Kier alpha value is -1.46. The average molecular weight is 267 g/mol. The van der Waals surface area contributed by atoms with Crippen molar-refractivity contribution in [1.82, 2.24) is 5.32 Å². The Morgan fingerprint density at radius 2 is 1.79 bits per heavy atom. The second-order valence-electron chi connectivity index (χ2n) is 5.11. The maximum absolute atomic E-state index is 9.81. The molecule has 0 bridgehead atoms. The van der Waals surface area contributed by atoms with Gasteiger partial charge < -0.3 is 25.0 Å². The molecule has 1 aliphatic carbocycles. The van der Waals surface area contributed by atoms with Crippen molar-refractivity contribution >= 4 is 0 Å². The number of nitrogens with one attached hydrogen (secondary N) is 1. The van der Waals surface area contributed by atoms with Crippen molar-refractivity contribution in [2.24, 2.45) is 5.41 Å². The van der Waals surface area contributed by atoms with E-state index < -0.39 is 0 Å². The summed E-state index contributed by atoms with van der Waals surface area (Å²) >= 11 is 0. The number of aromatic hydroxyl groups is 1. The molecule has 1 aromatic carbocycles. The van der Waals surface area contributed by atoms with Crippen LogP contribution in [0.5, 0.6) is 17.2 Å². The molecule has 0 atom stereocenters. The number of hydrogen-bond acceptors (Lipinski definition) is 5. The summed E-state index contributed by atoms with van der Waals surface area (Å²) in [5.41, 5.74) is 1.06. The molecule has 0 aliphatic heterocycles. The van der Waals surface area contributed by atoms with Gasteiger partial charge in [-0.05, 0) is 30.5 Å². The van der Waals surface area contributed by atoms with Crippen LogP contribution in [0, 0.1) is 5.41 Å². The van der Waals surface area contributed by atoms with E-state index >= 15 is 0 Å². The lowest BCUT2D eigenvalue weighted by Gasteiger charge is -2.14. The molecule has 0 saturated heterocycles. The summed E-state index contributed by atoms with van der Waals surface area (Å²) in [6, 6.07) is 3.56. The standard InChI is InChI=1S/C14H21NO4/c1-18-11-5-10(6-12(19-2)13(11)17)7-15-8-14(9-16)3-4-14/h5-6,15-17H,3-4,7-9H2,1-2H3. The monoisotopic (exact) mass is 267 g/mol. The molecule has 0 spiro atoms. The highest BCUT2D eigenvalue weighted by Gasteiger charge is 2.41. The molecule has 0 aromatic heterocycles. The fourth-order valence-electron chi connectivity index (χ4n) is 2.09. The van der Waals surface area contributed by atoms with Crippen molar-refractivity contribution in [2.75, 3.05) is 27.4 Å². The number of methoxy groups -OCH3 is 2. The van der Waals surface area contributed by atoms with Gasteiger partial charge in [-0.15, -0.1) is 0 Å². The number of phenolic OH excluding ortho intramolecular Hbond substituents is 1. The first-order chi connectivity index (χ1) is 9.14. The molecule has 0 heterocycles. The third kappa shape index (κ3) is 3.11. The molecule has 106 valence electrons. The number of hydrogen-bond donors (Lipinski definition) is 3. The second-order valence-corrected chi connectivity index (χ2v) is 5.11. The van der Waals surface area contributed by atoms with Crippen LogP contribution in [0.2, 0.25) is 0 Å². The van der Waals surface area contributed by atoms with E-state index in [-0.39, 0.29) is 17.8 Å². The molecule has 5 heteroatoms. The Morgan fingerprint density at radius 3 is 2.21 bits per heavy atom. The first-order valence-corrected chi connectivity index (χ1v) is 6.39. The van der Waals surface area contributed by atoms with Crippen molar-refractivity contribution in [3.63, 3.8) is 0 Å². The van der Waals surface area contributed by atoms with Gasteiger partial charge in [-0.3, -0.25) is 0 Å². The summed E-state index contributed by atoms with van der Waals surface area (Å²) in [7, 11) is 3.02. The Balaban J connectivity index is 1.99. The molecular weight excluding hydrogens is 246 g/mol. The number of aliphatic hydroxyl groups excluding tert-OH is 1. The number of ether oxygens (including phenoxy) is 2. The Bertz CT molecular complexity index is 418. The zero-order chi connectivity index (χ0) is 13.9. The highest BCUT2D eigenvalue weighted by molar-refractivity contribution is 5.52. The fraction of sp³-hybridized carbons (Fsp3) is 0.571. The quantitative estimate of drug-likeness (QED) is 0.694. The number of rotatable bonds is 7. The van der Waals surface area contributed by atoms with Gasteiger partial charge in [0, 0.05) is 25.1 Å². The van der Waals surface area contributed by atoms with Crippen LogP contribution in [0.1, 0.15) is 18.4 Å². The van der Waals surface area contributed by atoms with E-state index in [2.05, 4.69) is 5.32 Å². The van der Waals surface area contributed by atoms with Gasteiger partial charge in [0.05, 0.1) is 14.2 Å². The second kappa shape index (κ2) is 5.67. The van der Waals surface area contributed by atoms with Gasteiger partial charge in [0.1, 0.15) is 0 Å². The zero-order valence-electron chi connectivity index (χ0n) is 11.4. The van der Waals surface area contributed by atoms with Crippen molar-refractivity contribution in [1.29, 1.82) is 0 Å². The third-order valence-electron chi connectivity index (χ3n) is 3.66. The van der Waals surface area contributed by atoms with Gasteiger partial charge in [0.2, 0.25) is 5.75 Å². The van der Waals surface area contributed by atoms with Crippen LogP contribution in [0.3, 0.4) is 0 Å². The molecule has 19 heavy (non-hydrogen) atoms. The lowest BCUT2D eigenvalue weighted by atomic mass is 10.1. The molecular formula is C14H21NO4. The summed E-state index contributed by atoms with van der Waals surface area (Å²) in [6.45, 7) is 1.69. The van der Waals surface area contributed by atoms with E-state index in [0.29, 0.717) is 18.0 Å². The Morgan fingerprint density at radius 1 is 1.21 bits per heavy atom. The van der Waals surface area contributed by atoms with Crippen LogP contribution in [-0.4, -0.2) is 37.6 Å². The van der Waals surface area contributed by atoms with Crippen LogP contribution in [-0.2, 0) is 6.54 Å². The summed E-state index contributed by atoms with van der Waals surface area (Å²) in [5.74, 6) is 0.821. The average Bonchev–Trinajstić information content (AvgIpc) is 3.21. The third-order valence-corrected chi connectivity index (χ3v) is 3.66. The van der Waals surface area contributed by atoms with Crippen LogP contribution >= 0.6 is 0 Å². The molecule has 5 nitrogen and oxygen atoms in total. The summed E-state index contributed by atoms with van der Waals surface area (Å²) in [4.78, 5) is 0. The first-order valence-electron chi connectivity index (χ1n) is 6.39. The van der Waals surface area contributed by atoms with Crippen LogP contribution < -0.4 is 14.8 Å². The summed E-state index contributed by atoms with van der Waals surface area (Å²) in [5, 5.41) is 22.4. The summed E-state index contributed by atoms with van der Waals surface area (Å²) in [6.07, 6.45) is 2.16. The topological polar surface area (TPSA) is 71.0 Å². The lowest BCUT2D eigenvalue weighted by molar-refractivity contribution is 0.207. The molecule has 1 fully saturated rings. The summed E-state index contributed by atoms with van der Waals surface area (Å²) < 4.78 is 10.2. The largest absolute Gasteiger partial charge is 0.502 e. The van der Waals surface area contributed by atoms with Crippen LogP contribution in [0.4, 0.5) is 0 Å². The molecule has 0 radical (unpaired) electrons. The molecule has 1 aliphatic rings. The highest BCUT2D eigenvalue weighted by Crippen LogP contribution is 2.44. The highest BCUT2D eigenvalue weighted by atomic mass is 16.5. The predicted octanol–water partition coefficient (Wildman–Crippen LogP) is 1.27.